The molecule has 0 fully saturated rings. The lowest BCUT2D eigenvalue weighted by Gasteiger charge is -2.27. The third-order valence-electron chi connectivity index (χ3n) is 5.04. The van der Waals surface area contributed by atoms with Gasteiger partial charge in [0.2, 0.25) is 0 Å². The van der Waals surface area contributed by atoms with Crippen molar-refractivity contribution in [1.29, 1.82) is 0 Å². The monoisotopic (exact) mass is 387 g/mol. The molecule has 0 amide bonds. The number of aromatic nitrogens is 4. The first-order valence-electron chi connectivity index (χ1n) is 9.44. The molecule has 4 aromatic rings. The van der Waals surface area contributed by atoms with Crippen molar-refractivity contribution >= 4 is 0 Å². The Labute approximate surface area is 167 Å². The normalized spacial score (nSPS) is 14.0. The van der Waals surface area contributed by atoms with Crippen LogP contribution in [-0.2, 0) is 19.5 Å². The van der Waals surface area contributed by atoms with Crippen molar-refractivity contribution in [3.8, 4) is 22.6 Å². The van der Waals surface area contributed by atoms with Gasteiger partial charge in [-0.25, -0.2) is 14.4 Å². The van der Waals surface area contributed by atoms with Gasteiger partial charge in [-0.15, -0.1) is 0 Å². The Morgan fingerprint density at radius 3 is 2.83 bits per heavy atom. The Hall–Kier alpha value is -3.45. The van der Waals surface area contributed by atoms with Crippen LogP contribution in [0.1, 0.15) is 17.0 Å². The predicted molar refractivity (Wildman–Crippen MR) is 105 cm³/mol. The van der Waals surface area contributed by atoms with Gasteiger partial charge >= 0.3 is 0 Å². The fraction of sp³-hybridized carbons (Fsp3) is 0.182. The van der Waals surface area contributed by atoms with Gasteiger partial charge in [-0.2, -0.15) is 0 Å². The second kappa shape index (κ2) is 7.52. The largest absolute Gasteiger partial charge is 0.359 e. The number of pyridine rings is 1. The fourth-order valence-electron chi connectivity index (χ4n) is 3.55. The molecule has 0 atom stereocenters. The van der Waals surface area contributed by atoms with Crippen LogP contribution in [0.4, 0.5) is 4.39 Å². The smallest absolute Gasteiger partial charge is 0.159 e. The van der Waals surface area contributed by atoms with Crippen molar-refractivity contribution < 1.29 is 8.91 Å². The highest BCUT2D eigenvalue weighted by Gasteiger charge is 2.21. The molecule has 6 nitrogen and oxygen atoms in total. The summed E-state index contributed by atoms with van der Waals surface area (Å²) >= 11 is 0. The van der Waals surface area contributed by atoms with Crippen molar-refractivity contribution in [2.45, 2.75) is 19.5 Å². The Balaban J connectivity index is 1.30. The second-order valence-electron chi connectivity index (χ2n) is 7.02. The van der Waals surface area contributed by atoms with Crippen LogP contribution in [0.2, 0.25) is 0 Å². The molecule has 0 spiro atoms. The van der Waals surface area contributed by atoms with E-state index in [1.165, 1.54) is 6.07 Å². The van der Waals surface area contributed by atoms with Crippen molar-refractivity contribution in [2.24, 2.45) is 0 Å². The van der Waals surface area contributed by atoms with Crippen LogP contribution in [0.15, 0.2) is 65.6 Å². The molecule has 1 aliphatic heterocycles. The van der Waals surface area contributed by atoms with Gasteiger partial charge < -0.3 is 4.52 Å². The second-order valence-corrected chi connectivity index (χ2v) is 7.02. The first-order valence-corrected chi connectivity index (χ1v) is 9.44. The lowest BCUT2D eigenvalue weighted by Crippen LogP contribution is -2.30. The summed E-state index contributed by atoms with van der Waals surface area (Å²) in [6.07, 6.45) is 6.22. The van der Waals surface area contributed by atoms with Gasteiger partial charge in [-0.05, 0) is 24.3 Å². The summed E-state index contributed by atoms with van der Waals surface area (Å²) in [5.41, 5.74) is 4.12. The first kappa shape index (κ1) is 17.6. The van der Waals surface area contributed by atoms with Gasteiger partial charge in [0, 0.05) is 60.9 Å². The van der Waals surface area contributed by atoms with Crippen molar-refractivity contribution in [1.82, 2.24) is 25.0 Å². The number of rotatable bonds is 4. The van der Waals surface area contributed by atoms with Crippen molar-refractivity contribution in [3.05, 3.63) is 83.9 Å². The molecule has 0 unspecified atom stereocenters. The van der Waals surface area contributed by atoms with E-state index in [1.54, 1.807) is 36.7 Å². The van der Waals surface area contributed by atoms with E-state index in [1.807, 2.05) is 18.3 Å². The van der Waals surface area contributed by atoms with E-state index < -0.39 is 0 Å². The van der Waals surface area contributed by atoms with Gasteiger partial charge in [-0.1, -0.05) is 17.3 Å². The van der Waals surface area contributed by atoms with Gasteiger partial charge in [0.05, 0.1) is 12.2 Å². The first-order chi connectivity index (χ1) is 14.3. The van der Waals surface area contributed by atoms with Crippen LogP contribution in [0, 0.1) is 5.82 Å². The third kappa shape index (κ3) is 3.64. The number of halogens is 1. The average Bonchev–Trinajstić information content (AvgIpc) is 3.22. The van der Waals surface area contributed by atoms with Crippen molar-refractivity contribution in [3.63, 3.8) is 0 Å². The molecule has 7 heteroatoms. The summed E-state index contributed by atoms with van der Waals surface area (Å²) in [6, 6.07) is 12.2. The molecule has 0 N–H and O–H groups in total. The lowest BCUT2D eigenvalue weighted by molar-refractivity contribution is 0.213. The van der Waals surface area contributed by atoms with E-state index in [2.05, 4.69) is 20.0 Å². The zero-order valence-corrected chi connectivity index (χ0v) is 15.6. The molecule has 0 radical (unpaired) electrons. The zero-order chi connectivity index (χ0) is 19.6. The SMILES string of the molecule is Fc1ccccc1-c1cc(CN2CCc3nc(-c4ccncc4)ncc3C2)on1. The Morgan fingerprint density at radius 2 is 1.97 bits per heavy atom. The molecule has 0 saturated heterocycles. The van der Waals surface area contributed by atoms with E-state index in [0.717, 1.165) is 42.2 Å². The summed E-state index contributed by atoms with van der Waals surface area (Å²) in [6.45, 7) is 2.20. The summed E-state index contributed by atoms with van der Waals surface area (Å²) < 4.78 is 19.4. The Kier molecular flexibility index (Phi) is 4.57. The fourth-order valence-corrected chi connectivity index (χ4v) is 3.55. The molecule has 144 valence electrons. The van der Waals surface area contributed by atoms with Crippen LogP contribution in [0.5, 0.6) is 0 Å². The zero-order valence-electron chi connectivity index (χ0n) is 15.6. The molecule has 0 aliphatic carbocycles. The van der Waals surface area contributed by atoms with Crippen LogP contribution < -0.4 is 0 Å². The van der Waals surface area contributed by atoms with Crippen LogP contribution in [0.3, 0.4) is 0 Å². The van der Waals surface area contributed by atoms with Crippen LogP contribution in [-0.4, -0.2) is 31.6 Å². The van der Waals surface area contributed by atoms with Gasteiger partial charge in [-0.3, -0.25) is 9.88 Å². The highest BCUT2D eigenvalue weighted by atomic mass is 19.1. The van der Waals surface area contributed by atoms with E-state index >= 15 is 0 Å². The molecule has 3 aromatic heterocycles. The topological polar surface area (TPSA) is 67.9 Å². The predicted octanol–water partition coefficient (Wildman–Crippen LogP) is 3.89. The third-order valence-corrected chi connectivity index (χ3v) is 5.04. The molecule has 5 rings (SSSR count). The molecule has 1 aliphatic rings. The van der Waals surface area contributed by atoms with Gasteiger partial charge in [0.25, 0.3) is 0 Å². The maximum absolute atomic E-state index is 14.0. The molecule has 1 aromatic carbocycles. The molecule has 29 heavy (non-hydrogen) atoms. The maximum Gasteiger partial charge on any atom is 0.159 e. The molecular formula is C22H18FN5O. The van der Waals surface area contributed by atoms with Crippen molar-refractivity contribution in [2.75, 3.05) is 6.54 Å². The summed E-state index contributed by atoms with van der Waals surface area (Å²) in [7, 11) is 0. The summed E-state index contributed by atoms with van der Waals surface area (Å²) in [5, 5.41) is 4.03. The minimum absolute atomic E-state index is 0.304. The summed E-state index contributed by atoms with van der Waals surface area (Å²) in [5.74, 6) is 1.13. The number of fused-ring (bicyclic) bond motifs is 1. The average molecular weight is 387 g/mol. The maximum atomic E-state index is 14.0. The molecule has 0 bridgehead atoms. The Bertz CT molecular complexity index is 1140. The minimum atomic E-state index is -0.304. The standard InChI is InChI=1S/C22H18FN5O/c23-19-4-2-1-3-18(19)21-11-17(29-27-21)14-28-10-7-20-16(13-28)12-25-22(26-20)15-5-8-24-9-6-15/h1-6,8-9,11-12H,7,10,13-14H2. The van der Waals surface area contributed by atoms with E-state index in [0.29, 0.717) is 23.6 Å². The van der Waals surface area contributed by atoms with Crippen LogP contribution >= 0.6 is 0 Å². The van der Waals surface area contributed by atoms with E-state index in [-0.39, 0.29) is 5.82 Å². The number of benzene rings is 1. The highest BCUT2D eigenvalue weighted by Crippen LogP contribution is 2.25. The van der Waals surface area contributed by atoms with E-state index in [4.69, 9.17) is 9.51 Å². The molecule has 4 heterocycles. The minimum Gasteiger partial charge on any atom is -0.359 e. The van der Waals surface area contributed by atoms with E-state index in [9.17, 15) is 4.39 Å². The quantitative estimate of drug-likeness (QED) is 0.529. The number of hydrogen-bond acceptors (Lipinski definition) is 6. The van der Waals surface area contributed by atoms with Gasteiger partial charge in [0.1, 0.15) is 11.5 Å². The highest BCUT2D eigenvalue weighted by molar-refractivity contribution is 5.59. The van der Waals surface area contributed by atoms with Crippen LogP contribution in [0.25, 0.3) is 22.6 Å². The molecular weight excluding hydrogens is 369 g/mol. The molecule has 0 saturated carbocycles. The van der Waals surface area contributed by atoms with Gasteiger partial charge in [0.15, 0.2) is 11.6 Å². The number of nitrogens with zero attached hydrogens (tertiary/aromatic N) is 5. The summed E-state index contributed by atoms with van der Waals surface area (Å²) in [4.78, 5) is 15.5. The lowest BCUT2D eigenvalue weighted by atomic mass is 10.1. The Morgan fingerprint density at radius 1 is 1.10 bits per heavy atom. The number of hydrogen-bond donors (Lipinski definition) is 0.